The van der Waals surface area contributed by atoms with Crippen LogP contribution in [0.2, 0.25) is 0 Å². The average Bonchev–Trinajstić information content (AvgIpc) is 2.55. The Labute approximate surface area is 203 Å². The van der Waals surface area contributed by atoms with Crippen molar-refractivity contribution in [2.75, 3.05) is 13.2 Å². The van der Waals surface area contributed by atoms with Gasteiger partial charge in [-0.2, -0.15) is 0 Å². The number of ether oxygens (including phenoxy) is 3. The van der Waals surface area contributed by atoms with Gasteiger partial charge in [-0.3, -0.25) is 0 Å². The zero-order valence-corrected chi connectivity index (χ0v) is 12.0. The monoisotopic (exact) mass is 426 g/mol. The number of aliphatic hydroxyl groups excluding tert-OH is 8. The van der Waals surface area contributed by atoms with Crippen molar-refractivity contribution in [1.29, 1.82) is 0 Å². The van der Waals surface area contributed by atoms with Gasteiger partial charge in [-0.15, -0.1) is 0 Å². The first-order valence-electron chi connectivity index (χ1n) is 7.08. The second-order valence-corrected chi connectivity index (χ2v) is 5.53. The Balaban J connectivity index is 0.00000288. The third-order valence-corrected chi connectivity index (χ3v) is 3.98. The summed E-state index contributed by atoms with van der Waals surface area (Å²) in [6.45, 7) is -1.35. The normalized spacial score (nSPS) is 47.5. The van der Waals surface area contributed by atoms with Crippen molar-refractivity contribution in [3.05, 3.63) is 0 Å². The molecule has 10 atom stereocenters. The van der Waals surface area contributed by atoms with E-state index in [0.717, 1.165) is 0 Å². The van der Waals surface area contributed by atoms with E-state index in [2.05, 4.69) is 0 Å². The van der Waals surface area contributed by atoms with Gasteiger partial charge >= 0.3 is 75.5 Å². The molecule has 0 radical (unpaired) electrons. The molecule has 0 unspecified atom stereocenters. The van der Waals surface area contributed by atoms with Crippen molar-refractivity contribution < 1.29 is 55.1 Å². The first-order valence-corrected chi connectivity index (χ1v) is 7.08. The van der Waals surface area contributed by atoms with Crippen LogP contribution in [0.3, 0.4) is 0 Å². The minimum absolute atomic E-state index is 0. The molecule has 2 saturated heterocycles. The van der Waals surface area contributed by atoms with Crippen LogP contribution in [0.4, 0.5) is 0 Å². The third kappa shape index (κ3) is 6.03. The van der Waals surface area contributed by atoms with E-state index >= 15 is 0 Å². The maximum absolute atomic E-state index is 9.94. The summed E-state index contributed by atoms with van der Waals surface area (Å²) in [6.07, 6.45) is -15.6. The maximum atomic E-state index is 9.94. The molecule has 144 valence electrons. The number of aliphatic hydroxyl groups is 8. The van der Waals surface area contributed by atoms with Crippen LogP contribution in [0.1, 0.15) is 0 Å². The van der Waals surface area contributed by atoms with E-state index in [1.165, 1.54) is 0 Å². The van der Waals surface area contributed by atoms with Gasteiger partial charge in [0.2, 0.25) is 0 Å². The Morgan fingerprint density at radius 2 is 1.20 bits per heavy atom. The van der Waals surface area contributed by atoms with Gasteiger partial charge in [-0.25, -0.2) is 0 Å². The van der Waals surface area contributed by atoms with Crippen LogP contribution in [-0.4, -0.2) is 191 Å². The Morgan fingerprint density at radius 3 is 1.72 bits per heavy atom. The number of hydrogen-bond donors (Lipinski definition) is 8. The summed E-state index contributed by atoms with van der Waals surface area (Å²) < 4.78 is 15.3. The molecule has 0 bridgehead atoms. The van der Waals surface area contributed by atoms with Crippen LogP contribution in [0.5, 0.6) is 0 Å². The predicted octanol–water partition coefficient (Wildman–Crippen LogP) is -7.23. The minimum atomic E-state index is -1.74. The molecule has 0 amide bonds. The SMILES string of the molecule is OC[C@H]1O[C@@H](O[C@H]2[C@H](O)[C@@H](O)[C@H](O)O[C@@H]2CO)[C@H](O)[C@@H](O)[C@H]1O.[CaH2].[CaH2]. The van der Waals surface area contributed by atoms with Crippen molar-refractivity contribution in [3.63, 3.8) is 0 Å². The van der Waals surface area contributed by atoms with Gasteiger partial charge in [0.25, 0.3) is 0 Å². The molecule has 2 heterocycles. The quantitative estimate of drug-likeness (QED) is 0.199. The molecule has 2 rings (SSSR count). The fourth-order valence-electron chi connectivity index (χ4n) is 2.57. The molecule has 0 aliphatic carbocycles. The van der Waals surface area contributed by atoms with Gasteiger partial charge < -0.3 is 55.1 Å². The van der Waals surface area contributed by atoms with E-state index in [4.69, 9.17) is 19.3 Å². The zero-order valence-electron chi connectivity index (χ0n) is 12.0. The Bertz CT molecular complexity index is 388. The van der Waals surface area contributed by atoms with Gasteiger partial charge in [0.1, 0.15) is 48.8 Å². The van der Waals surface area contributed by atoms with Gasteiger partial charge in [0.05, 0.1) is 13.2 Å². The van der Waals surface area contributed by atoms with E-state index < -0.39 is 74.6 Å². The second-order valence-electron chi connectivity index (χ2n) is 5.53. The van der Waals surface area contributed by atoms with Crippen LogP contribution >= 0.6 is 0 Å². The van der Waals surface area contributed by atoms with Crippen molar-refractivity contribution in [2.45, 2.75) is 61.4 Å². The van der Waals surface area contributed by atoms with Crippen molar-refractivity contribution in [2.24, 2.45) is 0 Å². The molecule has 11 nitrogen and oxygen atoms in total. The summed E-state index contributed by atoms with van der Waals surface area (Å²) in [7, 11) is 0. The molecule has 0 saturated carbocycles. The molecule has 0 aromatic carbocycles. The van der Waals surface area contributed by atoms with Crippen molar-refractivity contribution in [1.82, 2.24) is 0 Å². The zero-order chi connectivity index (χ0) is 17.3. The Hall–Kier alpha value is 2.08. The topological polar surface area (TPSA) is 190 Å². The van der Waals surface area contributed by atoms with Crippen LogP contribution in [0, 0.1) is 0 Å². The summed E-state index contributed by atoms with van der Waals surface area (Å²) in [5, 5.41) is 76.5. The first-order chi connectivity index (χ1) is 10.8. The molecule has 13 heteroatoms. The van der Waals surface area contributed by atoms with Crippen LogP contribution in [0.25, 0.3) is 0 Å². The van der Waals surface area contributed by atoms with Gasteiger partial charge in [-0.05, 0) is 0 Å². The van der Waals surface area contributed by atoms with Crippen LogP contribution in [-0.2, 0) is 14.2 Å². The fraction of sp³-hybridized carbons (Fsp3) is 1.00. The summed E-state index contributed by atoms with van der Waals surface area (Å²) in [5.74, 6) is 0. The predicted molar refractivity (Wildman–Crippen MR) is 85.7 cm³/mol. The second kappa shape index (κ2) is 11.9. The van der Waals surface area contributed by atoms with Crippen LogP contribution in [0.15, 0.2) is 0 Å². The standard InChI is InChI=1S/C12H22O11.2Ca.4H/c13-1-3-5(15)6(16)9(19)12(22-3)23-10-4(2-14)21-11(20)8(18)7(10)17;;;;;;/h3-20H,1-2H2;;;;;;/t3-,4-,5+,6+,7-,8-,9-,10-,11-,12+;;;;;;/m1....../s1. The third-order valence-electron chi connectivity index (χ3n) is 3.98. The van der Waals surface area contributed by atoms with Gasteiger partial charge in [0.15, 0.2) is 12.6 Å². The first kappa shape index (κ1) is 27.1. The van der Waals surface area contributed by atoms with Crippen LogP contribution < -0.4 is 0 Å². The number of rotatable bonds is 4. The summed E-state index contributed by atoms with van der Waals surface area (Å²) in [4.78, 5) is 0. The van der Waals surface area contributed by atoms with E-state index in [9.17, 15) is 35.7 Å². The van der Waals surface area contributed by atoms with Crippen molar-refractivity contribution >= 4 is 75.5 Å². The molecule has 2 aliphatic heterocycles. The van der Waals surface area contributed by atoms with E-state index in [1.807, 2.05) is 0 Å². The Kier molecular flexibility index (Phi) is 12.9. The Morgan fingerprint density at radius 1 is 0.640 bits per heavy atom. The van der Waals surface area contributed by atoms with Crippen molar-refractivity contribution in [3.8, 4) is 0 Å². The van der Waals surface area contributed by atoms with E-state index in [-0.39, 0.29) is 75.5 Å². The van der Waals surface area contributed by atoms with Gasteiger partial charge in [0, 0.05) is 0 Å². The summed E-state index contributed by atoms with van der Waals surface area (Å²) >= 11 is 0. The molecular formula is C12H26Ca2O11. The molecule has 0 aromatic rings. The fourth-order valence-corrected chi connectivity index (χ4v) is 2.57. The average molecular weight is 426 g/mol. The van der Waals surface area contributed by atoms with Gasteiger partial charge in [-0.1, -0.05) is 0 Å². The summed E-state index contributed by atoms with van der Waals surface area (Å²) in [6, 6.07) is 0. The van der Waals surface area contributed by atoms with E-state index in [0.29, 0.717) is 0 Å². The molecule has 2 aliphatic rings. The molecule has 8 N–H and O–H groups in total. The molecule has 2 fully saturated rings. The molecule has 0 spiro atoms. The molecular weight excluding hydrogens is 400 g/mol. The number of hydrogen-bond acceptors (Lipinski definition) is 11. The summed E-state index contributed by atoms with van der Waals surface area (Å²) in [5.41, 5.74) is 0. The van der Waals surface area contributed by atoms with E-state index in [1.54, 1.807) is 0 Å². The molecule has 0 aromatic heterocycles. The molecule has 25 heavy (non-hydrogen) atoms.